The van der Waals surface area contributed by atoms with Crippen LogP contribution in [-0.4, -0.2) is 35.3 Å². The fraction of sp³-hybridized carbons (Fsp3) is 0.412. The SMILES string of the molecule is CCOC(=O)c1cnc2c(CC)cccc2c1NC[C@@H](C)O. The average molecular weight is 302 g/mol. The summed E-state index contributed by atoms with van der Waals surface area (Å²) in [4.78, 5) is 16.6. The van der Waals surface area contributed by atoms with E-state index in [2.05, 4.69) is 17.2 Å². The number of pyridine rings is 1. The molecule has 0 unspecified atom stereocenters. The summed E-state index contributed by atoms with van der Waals surface area (Å²) in [5.74, 6) is -0.410. The molecule has 0 amide bonds. The topological polar surface area (TPSA) is 71.5 Å². The number of para-hydroxylation sites is 1. The molecule has 0 spiro atoms. The van der Waals surface area contributed by atoms with E-state index in [0.29, 0.717) is 24.4 Å². The number of ether oxygens (including phenoxy) is 1. The number of aromatic nitrogens is 1. The number of aliphatic hydroxyl groups is 1. The van der Waals surface area contributed by atoms with Crippen LogP contribution in [0.3, 0.4) is 0 Å². The van der Waals surface area contributed by atoms with Crippen LogP contribution in [0, 0.1) is 0 Å². The number of carbonyl (C=O) groups is 1. The summed E-state index contributed by atoms with van der Waals surface area (Å²) in [6.07, 6.45) is 1.88. The van der Waals surface area contributed by atoms with Gasteiger partial charge in [-0.1, -0.05) is 25.1 Å². The number of esters is 1. The molecule has 5 heteroatoms. The van der Waals surface area contributed by atoms with Crippen LogP contribution < -0.4 is 5.32 Å². The number of nitrogens with zero attached hydrogens (tertiary/aromatic N) is 1. The van der Waals surface area contributed by atoms with Gasteiger partial charge in [0.2, 0.25) is 0 Å². The van der Waals surface area contributed by atoms with Crippen molar-refractivity contribution in [2.45, 2.75) is 33.3 Å². The average Bonchev–Trinajstić information content (AvgIpc) is 2.51. The van der Waals surface area contributed by atoms with Gasteiger partial charge in [0.1, 0.15) is 5.56 Å². The van der Waals surface area contributed by atoms with Crippen molar-refractivity contribution in [3.63, 3.8) is 0 Å². The Kier molecular flexibility index (Phi) is 5.33. The number of anilines is 1. The minimum atomic E-state index is -0.521. The second-order valence-electron chi connectivity index (χ2n) is 5.16. The Hall–Kier alpha value is -2.14. The van der Waals surface area contributed by atoms with Gasteiger partial charge in [-0.05, 0) is 25.8 Å². The predicted octanol–water partition coefficient (Wildman–Crippen LogP) is 2.77. The molecule has 1 aromatic heterocycles. The van der Waals surface area contributed by atoms with Gasteiger partial charge in [-0.25, -0.2) is 4.79 Å². The lowest BCUT2D eigenvalue weighted by atomic mass is 10.0. The summed E-state index contributed by atoms with van der Waals surface area (Å²) in [7, 11) is 0. The first-order chi connectivity index (χ1) is 10.6. The van der Waals surface area contributed by atoms with Gasteiger partial charge >= 0.3 is 5.97 Å². The monoisotopic (exact) mass is 302 g/mol. The Labute approximate surface area is 130 Å². The van der Waals surface area contributed by atoms with Crippen molar-refractivity contribution >= 4 is 22.6 Å². The van der Waals surface area contributed by atoms with Crippen LogP contribution in [0.4, 0.5) is 5.69 Å². The highest BCUT2D eigenvalue weighted by molar-refractivity contribution is 6.05. The maximum Gasteiger partial charge on any atom is 0.341 e. The molecule has 1 heterocycles. The summed E-state index contributed by atoms with van der Waals surface area (Å²) in [5.41, 5.74) is 3.04. The van der Waals surface area contributed by atoms with Gasteiger partial charge in [-0.3, -0.25) is 4.98 Å². The van der Waals surface area contributed by atoms with Crippen molar-refractivity contribution in [2.24, 2.45) is 0 Å². The van der Waals surface area contributed by atoms with E-state index in [1.807, 2.05) is 18.2 Å². The van der Waals surface area contributed by atoms with Gasteiger partial charge in [0.15, 0.2) is 0 Å². The lowest BCUT2D eigenvalue weighted by Crippen LogP contribution is -2.18. The standard InChI is InChI=1S/C17H22N2O3/c1-4-12-7-6-8-13-15(12)19-10-14(17(21)22-5-2)16(13)18-9-11(3)20/h6-8,10-11,20H,4-5,9H2,1-3H3,(H,18,19)/t11-/m1/s1. The highest BCUT2D eigenvalue weighted by atomic mass is 16.5. The zero-order chi connectivity index (χ0) is 16.1. The third-order valence-electron chi connectivity index (χ3n) is 3.43. The molecule has 0 saturated heterocycles. The third kappa shape index (κ3) is 3.36. The fourth-order valence-corrected chi connectivity index (χ4v) is 2.37. The maximum atomic E-state index is 12.1. The van der Waals surface area contributed by atoms with Gasteiger partial charge in [-0.2, -0.15) is 0 Å². The zero-order valence-electron chi connectivity index (χ0n) is 13.2. The number of rotatable bonds is 6. The predicted molar refractivity (Wildman–Crippen MR) is 87.2 cm³/mol. The van der Waals surface area contributed by atoms with Gasteiger partial charge < -0.3 is 15.2 Å². The molecular formula is C17H22N2O3. The van der Waals surface area contributed by atoms with Crippen LogP contribution in [0.2, 0.25) is 0 Å². The van der Waals surface area contributed by atoms with Crippen LogP contribution >= 0.6 is 0 Å². The van der Waals surface area contributed by atoms with E-state index in [1.165, 1.54) is 0 Å². The molecule has 0 aliphatic carbocycles. The van der Waals surface area contributed by atoms with Crippen LogP contribution in [-0.2, 0) is 11.2 Å². The Morgan fingerprint density at radius 1 is 1.41 bits per heavy atom. The van der Waals surface area contributed by atoms with Crippen molar-refractivity contribution in [3.05, 3.63) is 35.5 Å². The molecule has 2 aromatic rings. The second-order valence-corrected chi connectivity index (χ2v) is 5.16. The quantitative estimate of drug-likeness (QED) is 0.803. The van der Waals surface area contributed by atoms with E-state index in [4.69, 9.17) is 4.74 Å². The first-order valence-electron chi connectivity index (χ1n) is 7.58. The Balaban J connectivity index is 2.59. The van der Waals surface area contributed by atoms with E-state index in [1.54, 1.807) is 20.0 Å². The molecule has 1 atom stereocenters. The minimum absolute atomic E-state index is 0.307. The van der Waals surface area contributed by atoms with Gasteiger partial charge in [0.25, 0.3) is 0 Å². The van der Waals surface area contributed by atoms with E-state index in [0.717, 1.165) is 22.9 Å². The smallest absolute Gasteiger partial charge is 0.341 e. The first kappa shape index (κ1) is 16.2. The van der Waals surface area contributed by atoms with Crippen LogP contribution in [0.1, 0.15) is 36.7 Å². The van der Waals surface area contributed by atoms with E-state index in [9.17, 15) is 9.90 Å². The van der Waals surface area contributed by atoms with Crippen LogP contribution in [0.25, 0.3) is 10.9 Å². The van der Waals surface area contributed by atoms with Crippen molar-refractivity contribution in [1.82, 2.24) is 4.98 Å². The van der Waals surface area contributed by atoms with Gasteiger partial charge in [-0.15, -0.1) is 0 Å². The summed E-state index contributed by atoms with van der Waals surface area (Å²) in [5, 5.41) is 13.5. The zero-order valence-corrected chi connectivity index (χ0v) is 13.2. The summed E-state index contributed by atoms with van der Waals surface area (Å²) in [6.45, 7) is 6.19. The molecule has 118 valence electrons. The molecule has 2 rings (SSSR count). The van der Waals surface area contributed by atoms with Crippen molar-refractivity contribution < 1.29 is 14.6 Å². The lowest BCUT2D eigenvalue weighted by Gasteiger charge is -2.16. The van der Waals surface area contributed by atoms with Crippen molar-refractivity contribution in [2.75, 3.05) is 18.5 Å². The number of hydrogen-bond donors (Lipinski definition) is 2. The molecular weight excluding hydrogens is 280 g/mol. The third-order valence-corrected chi connectivity index (χ3v) is 3.43. The summed E-state index contributed by atoms with van der Waals surface area (Å²) >= 11 is 0. The molecule has 0 aliphatic heterocycles. The van der Waals surface area contributed by atoms with Crippen LogP contribution in [0.5, 0.6) is 0 Å². The minimum Gasteiger partial charge on any atom is -0.462 e. The van der Waals surface area contributed by atoms with Crippen molar-refractivity contribution in [1.29, 1.82) is 0 Å². The Morgan fingerprint density at radius 2 is 2.18 bits per heavy atom. The first-order valence-corrected chi connectivity index (χ1v) is 7.58. The summed E-state index contributed by atoms with van der Waals surface area (Å²) < 4.78 is 5.10. The normalized spacial score (nSPS) is 12.2. The Morgan fingerprint density at radius 3 is 2.82 bits per heavy atom. The lowest BCUT2D eigenvalue weighted by molar-refractivity contribution is 0.0527. The highest BCUT2D eigenvalue weighted by Crippen LogP contribution is 2.29. The number of nitrogens with one attached hydrogen (secondary N) is 1. The molecule has 0 radical (unpaired) electrons. The maximum absolute atomic E-state index is 12.1. The summed E-state index contributed by atoms with van der Waals surface area (Å²) in [6, 6.07) is 5.90. The molecule has 5 nitrogen and oxygen atoms in total. The number of hydrogen-bond acceptors (Lipinski definition) is 5. The number of aryl methyl sites for hydroxylation is 1. The van der Waals surface area contributed by atoms with E-state index in [-0.39, 0.29) is 0 Å². The number of fused-ring (bicyclic) bond motifs is 1. The van der Waals surface area contributed by atoms with E-state index >= 15 is 0 Å². The van der Waals surface area contributed by atoms with Gasteiger partial charge in [0, 0.05) is 18.1 Å². The largest absolute Gasteiger partial charge is 0.462 e. The van der Waals surface area contributed by atoms with Crippen LogP contribution in [0.15, 0.2) is 24.4 Å². The molecule has 0 aliphatic rings. The van der Waals surface area contributed by atoms with Gasteiger partial charge in [0.05, 0.1) is 23.9 Å². The number of benzene rings is 1. The molecule has 0 bridgehead atoms. The molecule has 0 fully saturated rings. The highest BCUT2D eigenvalue weighted by Gasteiger charge is 2.17. The van der Waals surface area contributed by atoms with E-state index < -0.39 is 12.1 Å². The molecule has 0 saturated carbocycles. The molecule has 2 N–H and O–H groups in total. The second kappa shape index (κ2) is 7.22. The molecule has 1 aromatic carbocycles. The number of carbonyl (C=O) groups excluding carboxylic acids is 1. The number of aliphatic hydroxyl groups excluding tert-OH is 1. The molecule has 22 heavy (non-hydrogen) atoms. The van der Waals surface area contributed by atoms with Crippen molar-refractivity contribution in [3.8, 4) is 0 Å². The Bertz CT molecular complexity index is 668. The fourth-order valence-electron chi connectivity index (χ4n) is 2.37.